The Kier molecular flexibility index (Phi) is 2.01. The Bertz CT molecular complexity index is 415. The fraction of sp³-hybridized carbons (Fsp3) is 0.385. The van der Waals surface area contributed by atoms with Crippen molar-refractivity contribution in [2.24, 2.45) is 0 Å². The predicted molar refractivity (Wildman–Crippen MR) is 63.2 cm³/mol. The number of allylic oxidation sites excluding steroid dienone is 2. The molecule has 2 aliphatic carbocycles. The van der Waals surface area contributed by atoms with Crippen LogP contribution in [-0.2, 0) is 6.42 Å². The molecule has 1 aromatic rings. The van der Waals surface area contributed by atoms with Crippen molar-refractivity contribution in [2.45, 2.75) is 32.1 Å². The van der Waals surface area contributed by atoms with Crippen LogP contribution in [0.25, 0.3) is 5.57 Å². The highest BCUT2D eigenvalue weighted by atomic mass is 79.9. The predicted octanol–water partition coefficient (Wildman–Crippen LogP) is 4.33. The van der Waals surface area contributed by atoms with Gasteiger partial charge in [-0.1, -0.05) is 33.6 Å². The first kappa shape index (κ1) is 8.72. The number of benzene rings is 1. The fourth-order valence-corrected chi connectivity index (χ4v) is 3.23. The third kappa shape index (κ3) is 1.18. The Balaban J connectivity index is 2.14. The van der Waals surface area contributed by atoms with Crippen molar-refractivity contribution in [3.8, 4) is 0 Å². The van der Waals surface area contributed by atoms with E-state index >= 15 is 0 Å². The van der Waals surface area contributed by atoms with Gasteiger partial charge in [0.05, 0.1) is 0 Å². The summed E-state index contributed by atoms with van der Waals surface area (Å²) in [6.45, 7) is 0. The van der Waals surface area contributed by atoms with E-state index in [0.717, 1.165) is 0 Å². The van der Waals surface area contributed by atoms with Crippen LogP contribution in [0.1, 0.15) is 36.8 Å². The van der Waals surface area contributed by atoms with E-state index in [4.69, 9.17) is 0 Å². The SMILES string of the molecule is Brc1cccc2c1CC1=C2CCCC1. The van der Waals surface area contributed by atoms with Crippen LogP contribution in [0.4, 0.5) is 0 Å². The molecule has 0 unspecified atom stereocenters. The molecule has 0 heterocycles. The summed E-state index contributed by atoms with van der Waals surface area (Å²) in [4.78, 5) is 0. The van der Waals surface area contributed by atoms with Crippen molar-refractivity contribution < 1.29 is 0 Å². The van der Waals surface area contributed by atoms with Gasteiger partial charge in [-0.25, -0.2) is 0 Å². The van der Waals surface area contributed by atoms with Crippen LogP contribution < -0.4 is 0 Å². The highest BCUT2D eigenvalue weighted by Crippen LogP contribution is 2.43. The summed E-state index contributed by atoms with van der Waals surface area (Å²) in [7, 11) is 0. The summed E-state index contributed by atoms with van der Waals surface area (Å²) in [5.41, 5.74) is 6.42. The molecule has 0 saturated carbocycles. The van der Waals surface area contributed by atoms with Crippen LogP contribution >= 0.6 is 15.9 Å². The van der Waals surface area contributed by atoms with Crippen molar-refractivity contribution in [2.75, 3.05) is 0 Å². The van der Waals surface area contributed by atoms with Gasteiger partial charge in [-0.15, -0.1) is 0 Å². The maximum atomic E-state index is 3.65. The lowest BCUT2D eigenvalue weighted by Crippen LogP contribution is -1.93. The van der Waals surface area contributed by atoms with Crippen molar-refractivity contribution in [1.82, 2.24) is 0 Å². The second kappa shape index (κ2) is 3.23. The molecule has 1 heteroatoms. The first-order chi connectivity index (χ1) is 6.86. The Morgan fingerprint density at radius 2 is 1.93 bits per heavy atom. The largest absolute Gasteiger partial charge is 0.0620 e. The molecule has 1 aromatic carbocycles. The molecule has 0 aromatic heterocycles. The molecule has 0 amide bonds. The lowest BCUT2D eigenvalue weighted by Gasteiger charge is -2.13. The van der Waals surface area contributed by atoms with Crippen LogP contribution in [0.2, 0.25) is 0 Å². The first-order valence-corrected chi connectivity index (χ1v) is 6.14. The van der Waals surface area contributed by atoms with Gasteiger partial charge in [0.1, 0.15) is 0 Å². The van der Waals surface area contributed by atoms with Crippen LogP contribution in [-0.4, -0.2) is 0 Å². The number of hydrogen-bond donors (Lipinski definition) is 0. The normalized spacial score (nSPS) is 19.5. The van der Waals surface area contributed by atoms with E-state index in [1.54, 1.807) is 11.1 Å². The molecular weight excluding hydrogens is 236 g/mol. The van der Waals surface area contributed by atoms with E-state index in [-0.39, 0.29) is 0 Å². The van der Waals surface area contributed by atoms with Crippen LogP contribution in [0.3, 0.4) is 0 Å². The first-order valence-electron chi connectivity index (χ1n) is 5.35. The van der Waals surface area contributed by atoms with Gasteiger partial charge in [-0.05, 0) is 54.9 Å². The average molecular weight is 249 g/mol. The minimum atomic E-state index is 1.20. The number of hydrogen-bond acceptors (Lipinski definition) is 0. The molecule has 0 saturated heterocycles. The zero-order chi connectivity index (χ0) is 9.54. The van der Waals surface area contributed by atoms with Gasteiger partial charge in [0.15, 0.2) is 0 Å². The highest BCUT2D eigenvalue weighted by Gasteiger charge is 2.24. The Morgan fingerprint density at radius 3 is 2.86 bits per heavy atom. The Morgan fingerprint density at radius 1 is 1.07 bits per heavy atom. The molecule has 0 spiro atoms. The molecule has 3 rings (SSSR count). The quantitative estimate of drug-likeness (QED) is 0.641. The van der Waals surface area contributed by atoms with Gasteiger partial charge in [0.25, 0.3) is 0 Å². The highest BCUT2D eigenvalue weighted by molar-refractivity contribution is 9.10. The van der Waals surface area contributed by atoms with Gasteiger partial charge in [-0.2, -0.15) is 0 Å². The summed E-state index contributed by atoms with van der Waals surface area (Å²) in [6.07, 6.45) is 6.61. The lowest BCUT2D eigenvalue weighted by atomic mass is 9.92. The Hall–Kier alpha value is -0.560. The second-order valence-electron chi connectivity index (χ2n) is 4.23. The number of fused-ring (bicyclic) bond motifs is 2. The zero-order valence-corrected chi connectivity index (χ0v) is 9.73. The monoisotopic (exact) mass is 248 g/mol. The zero-order valence-electron chi connectivity index (χ0n) is 8.15. The number of halogens is 1. The molecule has 0 aliphatic heterocycles. The second-order valence-corrected chi connectivity index (χ2v) is 5.09. The van der Waals surface area contributed by atoms with E-state index in [1.165, 1.54) is 47.7 Å². The van der Waals surface area contributed by atoms with Crippen LogP contribution in [0.5, 0.6) is 0 Å². The van der Waals surface area contributed by atoms with E-state index < -0.39 is 0 Å². The third-order valence-corrected chi connectivity index (χ3v) is 4.16. The summed E-state index contributed by atoms with van der Waals surface area (Å²) in [6, 6.07) is 6.61. The molecule has 14 heavy (non-hydrogen) atoms. The minimum Gasteiger partial charge on any atom is -0.0620 e. The van der Waals surface area contributed by atoms with Crippen molar-refractivity contribution in [3.05, 3.63) is 39.4 Å². The molecule has 0 atom stereocenters. The molecular formula is C13H13Br. The van der Waals surface area contributed by atoms with Gasteiger partial charge >= 0.3 is 0 Å². The minimum absolute atomic E-state index is 1.20. The van der Waals surface area contributed by atoms with Gasteiger partial charge in [-0.3, -0.25) is 0 Å². The van der Waals surface area contributed by atoms with E-state index in [0.29, 0.717) is 0 Å². The molecule has 72 valence electrons. The topological polar surface area (TPSA) is 0 Å². The van der Waals surface area contributed by atoms with Gasteiger partial charge in [0.2, 0.25) is 0 Å². The van der Waals surface area contributed by atoms with E-state index in [1.807, 2.05) is 0 Å². The molecule has 0 fully saturated rings. The molecule has 0 bridgehead atoms. The molecule has 0 radical (unpaired) electrons. The van der Waals surface area contributed by atoms with Crippen LogP contribution in [0, 0.1) is 0 Å². The standard InChI is InChI=1S/C13H13Br/c14-13-7-3-6-11-10-5-2-1-4-9(10)8-12(11)13/h3,6-7H,1-2,4-5,8H2. The van der Waals surface area contributed by atoms with Crippen molar-refractivity contribution >= 4 is 21.5 Å². The summed E-state index contributed by atoms with van der Waals surface area (Å²) < 4.78 is 1.30. The smallest absolute Gasteiger partial charge is 0.0216 e. The van der Waals surface area contributed by atoms with E-state index in [2.05, 4.69) is 34.1 Å². The van der Waals surface area contributed by atoms with E-state index in [9.17, 15) is 0 Å². The van der Waals surface area contributed by atoms with Crippen LogP contribution in [0.15, 0.2) is 28.2 Å². The molecule has 2 aliphatic rings. The summed E-state index contributed by atoms with van der Waals surface area (Å²) in [5, 5.41) is 0. The maximum absolute atomic E-state index is 3.65. The van der Waals surface area contributed by atoms with Crippen molar-refractivity contribution in [1.29, 1.82) is 0 Å². The van der Waals surface area contributed by atoms with Gasteiger partial charge < -0.3 is 0 Å². The maximum Gasteiger partial charge on any atom is 0.0216 e. The number of rotatable bonds is 0. The molecule has 0 N–H and O–H groups in total. The Labute approximate surface area is 93.2 Å². The third-order valence-electron chi connectivity index (χ3n) is 3.42. The summed E-state index contributed by atoms with van der Waals surface area (Å²) in [5.74, 6) is 0. The molecule has 0 nitrogen and oxygen atoms in total. The lowest BCUT2D eigenvalue weighted by molar-refractivity contribution is 0.711. The fourth-order valence-electron chi connectivity index (χ4n) is 2.72. The van der Waals surface area contributed by atoms with Gasteiger partial charge in [0, 0.05) is 4.47 Å². The summed E-state index contributed by atoms with van der Waals surface area (Å²) >= 11 is 3.65. The average Bonchev–Trinajstić information content (AvgIpc) is 2.59. The van der Waals surface area contributed by atoms with Crippen molar-refractivity contribution in [3.63, 3.8) is 0 Å².